The van der Waals surface area contributed by atoms with E-state index in [1.807, 2.05) is 0 Å². The number of rotatable bonds is 1. The number of halogens is 5. The van der Waals surface area contributed by atoms with Crippen LogP contribution < -0.4 is 4.89 Å². The monoisotopic (exact) mass is 200 g/mol. The highest BCUT2D eigenvalue weighted by molar-refractivity contribution is 5.29. The molecule has 0 aliphatic rings. The van der Waals surface area contributed by atoms with E-state index in [9.17, 15) is 22.0 Å². The molecule has 0 saturated carbocycles. The number of hydrogen-bond acceptors (Lipinski definition) is 2. The fraction of sp³-hybridized carbons (Fsp3) is 0. The molecule has 1 aromatic rings. The predicted molar refractivity (Wildman–Crippen MR) is 29.5 cm³/mol. The van der Waals surface area contributed by atoms with Crippen molar-refractivity contribution >= 4 is 0 Å². The lowest BCUT2D eigenvalue weighted by Gasteiger charge is -2.03. The van der Waals surface area contributed by atoms with Crippen LogP contribution in [0.15, 0.2) is 0 Å². The van der Waals surface area contributed by atoms with Gasteiger partial charge in [0.05, 0.1) is 0 Å². The molecule has 13 heavy (non-hydrogen) atoms. The standard InChI is InChI=1S/C6HF5O2/c7-1-2(8)4(10)6(13-12)5(11)3(1)9/h12H. The first-order valence-corrected chi connectivity index (χ1v) is 2.83. The molecule has 0 bridgehead atoms. The van der Waals surface area contributed by atoms with Crippen LogP contribution in [-0.4, -0.2) is 5.26 Å². The molecule has 1 N–H and O–H groups in total. The molecule has 2 nitrogen and oxygen atoms in total. The van der Waals surface area contributed by atoms with E-state index in [-0.39, 0.29) is 0 Å². The van der Waals surface area contributed by atoms with Crippen molar-refractivity contribution in [3.8, 4) is 5.75 Å². The normalized spacial score (nSPS) is 10.3. The smallest absolute Gasteiger partial charge is 0.242 e. The third-order valence-corrected chi connectivity index (χ3v) is 1.26. The Balaban J connectivity index is 3.56. The molecule has 0 radical (unpaired) electrons. The minimum Gasteiger partial charge on any atom is -0.334 e. The van der Waals surface area contributed by atoms with E-state index in [1.165, 1.54) is 0 Å². The molecule has 7 heteroatoms. The average Bonchev–Trinajstić information content (AvgIpc) is 2.13. The fourth-order valence-electron chi connectivity index (χ4n) is 0.665. The molecule has 72 valence electrons. The molecule has 1 aromatic carbocycles. The predicted octanol–water partition coefficient (Wildman–Crippen LogP) is 2.23. The van der Waals surface area contributed by atoms with Gasteiger partial charge in [-0.05, 0) is 0 Å². The van der Waals surface area contributed by atoms with Gasteiger partial charge in [-0.2, -0.15) is 8.78 Å². The quantitative estimate of drug-likeness (QED) is 0.247. The van der Waals surface area contributed by atoms with E-state index in [4.69, 9.17) is 5.26 Å². The molecular formula is C6HF5O2. The van der Waals surface area contributed by atoms with Gasteiger partial charge >= 0.3 is 0 Å². The SMILES string of the molecule is OOc1c(F)c(F)c(F)c(F)c1F. The Morgan fingerprint density at radius 1 is 0.692 bits per heavy atom. The summed E-state index contributed by atoms with van der Waals surface area (Å²) in [6.45, 7) is 0. The van der Waals surface area contributed by atoms with Crippen LogP contribution in [0.5, 0.6) is 5.75 Å². The molecule has 0 atom stereocenters. The van der Waals surface area contributed by atoms with Crippen molar-refractivity contribution in [3.63, 3.8) is 0 Å². The molecule has 0 fully saturated rings. The summed E-state index contributed by atoms with van der Waals surface area (Å²) < 4.78 is 61.5. The Kier molecular flexibility index (Phi) is 2.37. The van der Waals surface area contributed by atoms with Crippen LogP contribution in [0, 0.1) is 29.1 Å². The topological polar surface area (TPSA) is 29.5 Å². The van der Waals surface area contributed by atoms with E-state index in [0.29, 0.717) is 0 Å². The Morgan fingerprint density at radius 3 is 1.31 bits per heavy atom. The average molecular weight is 200 g/mol. The van der Waals surface area contributed by atoms with Crippen molar-refractivity contribution < 1.29 is 32.1 Å². The van der Waals surface area contributed by atoms with Gasteiger partial charge in [0.2, 0.25) is 34.8 Å². The van der Waals surface area contributed by atoms with Crippen molar-refractivity contribution in [1.82, 2.24) is 0 Å². The Labute approximate surface area is 68.1 Å². The van der Waals surface area contributed by atoms with Gasteiger partial charge in [0.1, 0.15) is 0 Å². The summed E-state index contributed by atoms with van der Waals surface area (Å²) in [5, 5.41) is 7.80. The van der Waals surface area contributed by atoms with E-state index >= 15 is 0 Å². The maximum absolute atomic E-state index is 12.4. The van der Waals surface area contributed by atoms with Gasteiger partial charge in [-0.15, -0.1) is 0 Å². The van der Waals surface area contributed by atoms with Crippen LogP contribution in [0.25, 0.3) is 0 Å². The van der Waals surface area contributed by atoms with Crippen LogP contribution in [0.4, 0.5) is 22.0 Å². The molecule has 0 aromatic heterocycles. The Hall–Kier alpha value is -1.37. The summed E-state index contributed by atoms with van der Waals surface area (Å²) >= 11 is 0. The Morgan fingerprint density at radius 2 is 1.00 bits per heavy atom. The van der Waals surface area contributed by atoms with Gasteiger partial charge in [0.15, 0.2) is 0 Å². The van der Waals surface area contributed by atoms with Crippen molar-refractivity contribution in [3.05, 3.63) is 29.1 Å². The van der Waals surface area contributed by atoms with Gasteiger partial charge < -0.3 is 4.89 Å². The van der Waals surface area contributed by atoms with E-state index < -0.39 is 34.8 Å². The zero-order valence-electron chi connectivity index (χ0n) is 5.75. The van der Waals surface area contributed by atoms with Crippen LogP contribution >= 0.6 is 0 Å². The summed E-state index contributed by atoms with van der Waals surface area (Å²) in [5.74, 6) is -12.8. The summed E-state index contributed by atoms with van der Waals surface area (Å²) in [4.78, 5) is 3.00. The van der Waals surface area contributed by atoms with Crippen LogP contribution in [0.3, 0.4) is 0 Å². The summed E-state index contributed by atoms with van der Waals surface area (Å²) in [6.07, 6.45) is 0. The molecule has 0 aliphatic heterocycles. The van der Waals surface area contributed by atoms with Crippen molar-refractivity contribution in [2.24, 2.45) is 0 Å². The molecule has 0 aliphatic carbocycles. The highest BCUT2D eigenvalue weighted by Gasteiger charge is 2.27. The molecule has 0 spiro atoms. The molecule has 0 amide bonds. The largest absolute Gasteiger partial charge is 0.334 e. The van der Waals surface area contributed by atoms with Gasteiger partial charge in [0, 0.05) is 0 Å². The molecule has 0 saturated heterocycles. The van der Waals surface area contributed by atoms with E-state index in [2.05, 4.69) is 4.89 Å². The zero-order chi connectivity index (χ0) is 10.2. The third kappa shape index (κ3) is 1.31. The highest BCUT2D eigenvalue weighted by atomic mass is 19.2. The third-order valence-electron chi connectivity index (χ3n) is 1.26. The molecule has 1 rings (SSSR count). The van der Waals surface area contributed by atoms with E-state index in [0.717, 1.165) is 0 Å². The number of hydrogen-bond donors (Lipinski definition) is 1. The van der Waals surface area contributed by atoms with Crippen LogP contribution in [-0.2, 0) is 0 Å². The summed E-state index contributed by atoms with van der Waals surface area (Å²) in [5.41, 5.74) is 0. The highest BCUT2D eigenvalue weighted by Crippen LogP contribution is 2.28. The van der Waals surface area contributed by atoms with Gasteiger partial charge in [-0.25, -0.2) is 18.4 Å². The fourth-order valence-corrected chi connectivity index (χ4v) is 0.665. The Bertz CT molecular complexity index is 322. The first kappa shape index (κ1) is 9.72. The molecule has 0 heterocycles. The minimum absolute atomic E-state index is 1.73. The lowest BCUT2D eigenvalue weighted by molar-refractivity contribution is -0.144. The van der Waals surface area contributed by atoms with Gasteiger partial charge in [0.25, 0.3) is 0 Å². The van der Waals surface area contributed by atoms with Crippen LogP contribution in [0.1, 0.15) is 0 Å². The van der Waals surface area contributed by atoms with Crippen LogP contribution in [0.2, 0.25) is 0 Å². The maximum atomic E-state index is 12.4. The zero-order valence-corrected chi connectivity index (χ0v) is 5.75. The second-order valence-corrected chi connectivity index (χ2v) is 1.99. The van der Waals surface area contributed by atoms with Gasteiger partial charge in [-0.1, -0.05) is 0 Å². The van der Waals surface area contributed by atoms with E-state index in [1.54, 1.807) is 0 Å². The minimum atomic E-state index is -2.31. The first-order chi connectivity index (χ1) is 6.00. The first-order valence-electron chi connectivity index (χ1n) is 2.83. The number of benzene rings is 1. The summed E-state index contributed by atoms with van der Waals surface area (Å²) in [6, 6.07) is 0. The molecule has 0 unspecified atom stereocenters. The molecular weight excluding hydrogens is 199 g/mol. The second kappa shape index (κ2) is 3.17. The lowest BCUT2D eigenvalue weighted by atomic mass is 10.3. The maximum Gasteiger partial charge on any atom is 0.242 e. The lowest BCUT2D eigenvalue weighted by Crippen LogP contribution is -2.04. The van der Waals surface area contributed by atoms with Gasteiger partial charge in [-0.3, -0.25) is 0 Å². The van der Waals surface area contributed by atoms with Crippen molar-refractivity contribution in [1.29, 1.82) is 0 Å². The van der Waals surface area contributed by atoms with Crippen molar-refractivity contribution in [2.75, 3.05) is 0 Å². The summed E-state index contributed by atoms with van der Waals surface area (Å²) in [7, 11) is 0. The second-order valence-electron chi connectivity index (χ2n) is 1.99. The van der Waals surface area contributed by atoms with Crippen molar-refractivity contribution in [2.45, 2.75) is 0 Å².